The first-order valence-corrected chi connectivity index (χ1v) is 16.0. The molecule has 0 aliphatic heterocycles. The quantitative estimate of drug-likeness (QED) is 0.0390. The molecule has 0 aromatic rings. The van der Waals surface area contributed by atoms with Gasteiger partial charge in [0, 0.05) is 19.3 Å². The molecule has 0 N–H and O–H groups in total. The van der Waals surface area contributed by atoms with Crippen molar-refractivity contribution in [2.24, 2.45) is 0 Å². The van der Waals surface area contributed by atoms with Gasteiger partial charge in [0.25, 0.3) is 0 Å². The van der Waals surface area contributed by atoms with E-state index in [2.05, 4.69) is 38.2 Å². The van der Waals surface area contributed by atoms with Gasteiger partial charge >= 0.3 is 11.9 Å². The van der Waals surface area contributed by atoms with Crippen molar-refractivity contribution in [3.63, 3.8) is 0 Å². The fraction of sp³-hybridized carbons (Fsp3) is 0.583. The highest BCUT2D eigenvalue weighted by molar-refractivity contribution is 5.70. The molecule has 0 bridgehead atoms. The number of hydrogen-bond acceptors (Lipinski definition) is 7. The minimum absolute atomic E-state index is 0.000402. The number of carboxylic acid groups (broad SMARTS) is 1. The Morgan fingerprint density at radius 2 is 1.36 bits per heavy atom. The first-order valence-electron chi connectivity index (χ1n) is 16.0. The zero-order valence-electron chi connectivity index (χ0n) is 27.8. The molecule has 0 aromatic carbocycles. The predicted molar refractivity (Wildman–Crippen MR) is 175 cm³/mol. The van der Waals surface area contributed by atoms with E-state index in [4.69, 9.17) is 14.2 Å². The molecule has 8 heteroatoms. The van der Waals surface area contributed by atoms with E-state index in [1.165, 1.54) is 0 Å². The summed E-state index contributed by atoms with van der Waals surface area (Å²) >= 11 is 0. The summed E-state index contributed by atoms with van der Waals surface area (Å²) < 4.78 is 16.8. The second kappa shape index (κ2) is 27.3. The van der Waals surface area contributed by atoms with Crippen LogP contribution in [0.25, 0.3) is 0 Å². The van der Waals surface area contributed by atoms with Crippen LogP contribution in [0.1, 0.15) is 84.5 Å². The molecule has 0 radical (unpaired) electrons. The molecule has 0 fully saturated rings. The maximum atomic E-state index is 12.4. The maximum Gasteiger partial charge on any atom is 0.306 e. The lowest BCUT2D eigenvalue weighted by molar-refractivity contribution is -0.889. The molecule has 44 heavy (non-hydrogen) atoms. The van der Waals surface area contributed by atoms with E-state index in [-0.39, 0.29) is 49.5 Å². The standard InChI is InChI=1S/C36H57NO7/c1-6-8-10-12-14-15-16-17-18-19-21-22-24-26-34(38)43-31-32(30-42-29-28-33(36(40)41)37(3,4)5)44-35(39)27-25-23-20-13-11-9-7-2/h8-12,14-18,20,23,32-33H,6-7,13,19,21-22,24-31H2,1-5H3/b10-8+,11-9+,14-12+,16-15+,18-17+,23-20+. The summed E-state index contributed by atoms with van der Waals surface area (Å²) in [7, 11) is 5.33. The number of quaternary nitrogens is 1. The first kappa shape index (κ1) is 40.8. The number of esters is 2. The van der Waals surface area contributed by atoms with Crippen LogP contribution in [0, 0.1) is 0 Å². The Hall–Kier alpha value is -3.23. The van der Waals surface area contributed by atoms with Gasteiger partial charge in [-0.2, -0.15) is 0 Å². The minimum atomic E-state index is -1.15. The van der Waals surface area contributed by atoms with E-state index in [9.17, 15) is 19.5 Å². The van der Waals surface area contributed by atoms with Gasteiger partial charge in [0.05, 0.1) is 40.3 Å². The maximum absolute atomic E-state index is 12.4. The normalized spacial score (nSPS) is 14.1. The van der Waals surface area contributed by atoms with E-state index in [0.717, 1.165) is 38.5 Å². The van der Waals surface area contributed by atoms with Crippen LogP contribution in [-0.4, -0.2) is 75.5 Å². The highest BCUT2D eigenvalue weighted by atomic mass is 16.6. The molecule has 0 rings (SSSR count). The number of unbranched alkanes of at least 4 members (excludes halogenated alkanes) is 3. The monoisotopic (exact) mass is 615 g/mol. The van der Waals surface area contributed by atoms with Crippen molar-refractivity contribution in [1.82, 2.24) is 0 Å². The number of carbonyl (C=O) groups excluding carboxylic acids is 3. The molecule has 0 aliphatic carbocycles. The lowest BCUT2D eigenvalue weighted by Crippen LogP contribution is -2.55. The molecule has 0 saturated heterocycles. The summed E-state index contributed by atoms with van der Waals surface area (Å²) in [6.07, 6.45) is 31.2. The molecule has 8 nitrogen and oxygen atoms in total. The highest BCUT2D eigenvalue weighted by Crippen LogP contribution is 2.10. The Morgan fingerprint density at radius 3 is 2.02 bits per heavy atom. The fourth-order valence-electron chi connectivity index (χ4n) is 3.96. The van der Waals surface area contributed by atoms with Crippen LogP contribution in [0.2, 0.25) is 0 Å². The number of aliphatic carboxylic acids is 1. The van der Waals surface area contributed by atoms with Gasteiger partial charge in [0.1, 0.15) is 12.6 Å². The molecular weight excluding hydrogens is 558 g/mol. The zero-order valence-corrected chi connectivity index (χ0v) is 27.8. The van der Waals surface area contributed by atoms with Crippen LogP contribution in [0.4, 0.5) is 0 Å². The van der Waals surface area contributed by atoms with Gasteiger partial charge in [-0.05, 0) is 44.9 Å². The predicted octanol–water partition coefficient (Wildman–Crippen LogP) is 5.95. The van der Waals surface area contributed by atoms with Gasteiger partial charge in [0.2, 0.25) is 0 Å². The average molecular weight is 616 g/mol. The number of likely N-dealkylation sites (N-methyl/N-ethyl adjacent to an activating group) is 1. The summed E-state index contributed by atoms with van der Waals surface area (Å²) in [4.78, 5) is 36.3. The highest BCUT2D eigenvalue weighted by Gasteiger charge is 2.25. The number of allylic oxidation sites excluding steroid dienone is 12. The van der Waals surface area contributed by atoms with Crippen molar-refractivity contribution >= 4 is 17.9 Å². The molecule has 0 spiro atoms. The molecule has 0 aromatic heterocycles. The SMILES string of the molecule is CC/C=C/C=C/C=C/C=C/CCCCCC(=O)OCC(COCCC(C(=O)[O-])[N+](C)(C)C)OC(=O)CC/C=C/C/C=C/CC. The topological polar surface area (TPSA) is 102 Å². The molecule has 2 atom stereocenters. The van der Waals surface area contributed by atoms with E-state index in [1.54, 1.807) is 21.1 Å². The lowest BCUT2D eigenvalue weighted by atomic mass is 10.1. The van der Waals surface area contributed by atoms with Crippen LogP contribution >= 0.6 is 0 Å². The van der Waals surface area contributed by atoms with Gasteiger partial charge in [-0.3, -0.25) is 9.59 Å². The third-order valence-electron chi connectivity index (χ3n) is 6.45. The second-order valence-electron chi connectivity index (χ2n) is 11.4. The van der Waals surface area contributed by atoms with Crippen molar-refractivity contribution in [3.05, 3.63) is 72.9 Å². The van der Waals surface area contributed by atoms with Crippen molar-refractivity contribution in [1.29, 1.82) is 0 Å². The number of carbonyl (C=O) groups is 3. The molecule has 0 amide bonds. The Kier molecular flexibility index (Phi) is 25.3. The first-order chi connectivity index (χ1) is 21.1. The van der Waals surface area contributed by atoms with Crippen molar-refractivity contribution in [3.8, 4) is 0 Å². The van der Waals surface area contributed by atoms with Crippen molar-refractivity contribution in [2.45, 2.75) is 96.6 Å². The second-order valence-corrected chi connectivity index (χ2v) is 11.4. The zero-order chi connectivity index (χ0) is 32.9. The van der Waals surface area contributed by atoms with Gasteiger partial charge in [0.15, 0.2) is 6.10 Å². The van der Waals surface area contributed by atoms with Crippen LogP contribution in [-0.2, 0) is 28.6 Å². The Morgan fingerprint density at radius 1 is 0.705 bits per heavy atom. The van der Waals surface area contributed by atoms with E-state index >= 15 is 0 Å². The third kappa shape index (κ3) is 25.3. The Bertz CT molecular complexity index is 954. The molecule has 0 heterocycles. The number of hydrogen-bond donors (Lipinski definition) is 0. The average Bonchev–Trinajstić information content (AvgIpc) is 2.96. The summed E-state index contributed by atoms with van der Waals surface area (Å²) in [5, 5.41) is 11.5. The summed E-state index contributed by atoms with van der Waals surface area (Å²) in [6.45, 7) is 4.20. The lowest BCUT2D eigenvalue weighted by Gasteiger charge is -2.34. The third-order valence-corrected chi connectivity index (χ3v) is 6.45. The Labute approximate surface area is 266 Å². The fourth-order valence-corrected chi connectivity index (χ4v) is 3.96. The largest absolute Gasteiger partial charge is 0.544 e. The van der Waals surface area contributed by atoms with Crippen LogP contribution in [0.5, 0.6) is 0 Å². The number of nitrogens with zero attached hydrogens (tertiary/aromatic N) is 1. The van der Waals surface area contributed by atoms with Crippen LogP contribution < -0.4 is 5.11 Å². The van der Waals surface area contributed by atoms with E-state index in [0.29, 0.717) is 12.8 Å². The van der Waals surface area contributed by atoms with Crippen LogP contribution in [0.15, 0.2) is 72.9 Å². The number of carboxylic acids is 1. The van der Waals surface area contributed by atoms with Gasteiger partial charge in [-0.25, -0.2) is 0 Å². The summed E-state index contributed by atoms with van der Waals surface area (Å²) in [5.74, 6) is -1.90. The Balaban J connectivity index is 4.60. The van der Waals surface area contributed by atoms with Gasteiger partial charge in [-0.1, -0.05) is 93.2 Å². The summed E-state index contributed by atoms with van der Waals surface area (Å²) in [6, 6.07) is -0.741. The van der Waals surface area contributed by atoms with Crippen LogP contribution in [0.3, 0.4) is 0 Å². The van der Waals surface area contributed by atoms with Gasteiger partial charge < -0.3 is 28.6 Å². The van der Waals surface area contributed by atoms with Crippen molar-refractivity contribution in [2.75, 3.05) is 41.0 Å². The number of rotatable bonds is 26. The van der Waals surface area contributed by atoms with Gasteiger partial charge in [-0.15, -0.1) is 0 Å². The molecule has 0 aliphatic rings. The van der Waals surface area contributed by atoms with E-state index in [1.807, 2.05) is 48.6 Å². The molecular formula is C36H57NO7. The molecule has 248 valence electrons. The molecule has 2 unspecified atom stereocenters. The smallest absolute Gasteiger partial charge is 0.306 e. The minimum Gasteiger partial charge on any atom is -0.544 e. The number of ether oxygens (including phenoxy) is 3. The van der Waals surface area contributed by atoms with Crippen molar-refractivity contribution < 1.29 is 38.2 Å². The van der Waals surface area contributed by atoms with E-state index < -0.39 is 24.1 Å². The summed E-state index contributed by atoms with van der Waals surface area (Å²) in [5.41, 5.74) is 0. The molecule has 0 saturated carbocycles.